The summed E-state index contributed by atoms with van der Waals surface area (Å²) in [5, 5.41) is 0. The third-order valence-electron chi connectivity index (χ3n) is 2.37. The van der Waals surface area contributed by atoms with Gasteiger partial charge in [0.2, 0.25) is 0 Å². The number of unbranched alkanes of at least 4 members (excludes halogenated alkanes) is 2. The molecule has 0 atom stereocenters. The van der Waals surface area contributed by atoms with Crippen molar-refractivity contribution >= 4 is 0 Å². The summed E-state index contributed by atoms with van der Waals surface area (Å²) in [6.45, 7) is 0.734. The second-order valence-corrected chi connectivity index (χ2v) is 3.62. The number of hydrogen-bond donors (Lipinski definition) is 1. The molecular formula is C14H19NO2. The first-order chi connectivity index (χ1) is 8.31. The van der Waals surface area contributed by atoms with Crippen LogP contribution in [0.5, 0.6) is 11.5 Å². The largest absolute Gasteiger partial charge is 0.493 e. The van der Waals surface area contributed by atoms with Gasteiger partial charge >= 0.3 is 0 Å². The Morgan fingerprint density at radius 1 is 1.12 bits per heavy atom. The molecule has 0 spiro atoms. The molecule has 0 unspecified atom stereocenters. The molecule has 0 aliphatic heterocycles. The number of ether oxygens (including phenoxy) is 2. The van der Waals surface area contributed by atoms with E-state index in [2.05, 4.69) is 11.8 Å². The fourth-order valence-corrected chi connectivity index (χ4v) is 1.44. The van der Waals surface area contributed by atoms with Gasteiger partial charge in [-0.05, 0) is 37.6 Å². The van der Waals surface area contributed by atoms with E-state index in [1.807, 2.05) is 18.2 Å². The molecule has 0 saturated heterocycles. The molecule has 1 aromatic rings. The van der Waals surface area contributed by atoms with Crippen molar-refractivity contribution < 1.29 is 9.47 Å². The lowest BCUT2D eigenvalue weighted by molar-refractivity contribution is 0.355. The van der Waals surface area contributed by atoms with Crippen LogP contribution in [0.4, 0.5) is 0 Å². The van der Waals surface area contributed by atoms with Gasteiger partial charge in [0.25, 0.3) is 0 Å². The third kappa shape index (κ3) is 4.38. The quantitative estimate of drug-likeness (QED) is 0.626. The Kier molecular flexibility index (Phi) is 5.98. The van der Waals surface area contributed by atoms with E-state index in [-0.39, 0.29) is 0 Å². The molecule has 0 fully saturated rings. The lowest BCUT2D eigenvalue weighted by Gasteiger charge is -2.06. The third-order valence-corrected chi connectivity index (χ3v) is 2.37. The number of nitrogens with two attached hydrogens (primary N) is 1. The molecule has 0 saturated carbocycles. The van der Waals surface area contributed by atoms with Gasteiger partial charge < -0.3 is 15.2 Å². The van der Waals surface area contributed by atoms with Crippen LogP contribution in [0.15, 0.2) is 18.2 Å². The maximum atomic E-state index is 5.41. The van der Waals surface area contributed by atoms with E-state index in [9.17, 15) is 0 Å². The highest BCUT2D eigenvalue weighted by Crippen LogP contribution is 2.27. The van der Waals surface area contributed by atoms with Crippen molar-refractivity contribution in [3.63, 3.8) is 0 Å². The fraction of sp³-hybridized carbons (Fsp3) is 0.429. The molecule has 0 aromatic heterocycles. The molecule has 2 N–H and O–H groups in total. The summed E-state index contributed by atoms with van der Waals surface area (Å²) in [7, 11) is 3.24. The minimum Gasteiger partial charge on any atom is -0.493 e. The van der Waals surface area contributed by atoms with Gasteiger partial charge in [-0.1, -0.05) is 11.8 Å². The zero-order valence-electron chi connectivity index (χ0n) is 10.5. The summed E-state index contributed by atoms with van der Waals surface area (Å²) in [4.78, 5) is 0. The number of rotatable bonds is 5. The molecule has 3 heteroatoms. The van der Waals surface area contributed by atoms with E-state index in [1.54, 1.807) is 14.2 Å². The summed E-state index contributed by atoms with van der Waals surface area (Å²) in [6.07, 6.45) is 2.96. The SMILES string of the molecule is COc1ccc(C#CCCCCN)cc1OC. The maximum Gasteiger partial charge on any atom is 0.161 e. The van der Waals surface area contributed by atoms with Crippen molar-refractivity contribution in [3.8, 4) is 23.3 Å². The highest BCUT2D eigenvalue weighted by molar-refractivity contribution is 5.48. The van der Waals surface area contributed by atoms with Crippen LogP contribution in [0.3, 0.4) is 0 Å². The minimum absolute atomic E-state index is 0.709. The maximum absolute atomic E-state index is 5.41. The van der Waals surface area contributed by atoms with Gasteiger partial charge in [0.15, 0.2) is 11.5 Å². The number of methoxy groups -OCH3 is 2. The van der Waals surface area contributed by atoms with Gasteiger partial charge in [0.05, 0.1) is 14.2 Å². The number of benzene rings is 1. The van der Waals surface area contributed by atoms with Crippen LogP contribution >= 0.6 is 0 Å². The van der Waals surface area contributed by atoms with E-state index in [0.717, 1.165) is 37.1 Å². The average Bonchev–Trinajstić information content (AvgIpc) is 2.38. The van der Waals surface area contributed by atoms with Crippen molar-refractivity contribution in [2.24, 2.45) is 5.73 Å². The Balaban J connectivity index is 2.65. The molecule has 17 heavy (non-hydrogen) atoms. The first-order valence-corrected chi connectivity index (χ1v) is 5.72. The molecule has 0 amide bonds. The van der Waals surface area contributed by atoms with Gasteiger partial charge in [-0.3, -0.25) is 0 Å². The van der Waals surface area contributed by atoms with Crippen LogP contribution in [-0.4, -0.2) is 20.8 Å². The zero-order valence-corrected chi connectivity index (χ0v) is 10.5. The molecule has 1 aromatic carbocycles. The van der Waals surface area contributed by atoms with Crippen molar-refractivity contribution in [3.05, 3.63) is 23.8 Å². The molecule has 0 aliphatic carbocycles. The van der Waals surface area contributed by atoms with Crippen LogP contribution in [0.2, 0.25) is 0 Å². The van der Waals surface area contributed by atoms with Crippen LogP contribution < -0.4 is 15.2 Å². The van der Waals surface area contributed by atoms with Crippen molar-refractivity contribution in [2.75, 3.05) is 20.8 Å². The first-order valence-electron chi connectivity index (χ1n) is 5.72. The smallest absolute Gasteiger partial charge is 0.161 e. The topological polar surface area (TPSA) is 44.5 Å². The Morgan fingerprint density at radius 2 is 1.88 bits per heavy atom. The van der Waals surface area contributed by atoms with E-state index in [0.29, 0.717) is 5.75 Å². The normalized spacial score (nSPS) is 9.35. The molecule has 92 valence electrons. The standard InChI is InChI=1S/C14H19NO2/c1-16-13-9-8-12(11-14(13)17-2)7-5-3-4-6-10-15/h8-9,11H,3-4,6,10,15H2,1-2H3. The fourth-order valence-electron chi connectivity index (χ4n) is 1.44. The van der Waals surface area contributed by atoms with Crippen LogP contribution in [-0.2, 0) is 0 Å². The lowest BCUT2D eigenvalue weighted by atomic mass is 10.2. The average molecular weight is 233 g/mol. The summed E-state index contributed by atoms with van der Waals surface area (Å²) in [6, 6.07) is 5.68. The summed E-state index contributed by atoms with van der Waals surface area (Å²) < 4.78 is 10.4. The van der Waals surface area contributed by atoms with E-state index in [1.165, 1.54) is 0 Å². The molecule has 0 heterocycles. The first kappa shape index (κ1) is 13.4. The molecule has 3 nitrogen and oxygen atoms in total. The molecular weight excluding hydrogens is 214 g/mol. The van der Waals surface area contributed by atoms with Crippen molar-refractivity contribution in [1.82, 2.24) is 0 Å². The van der Waals surface area contributed by atoms with E-state index < -0.39 is 0 Å². The van der Waals surface area contributed by atoms with Crippen LogP contribution in [0.1, 0.15) is 24.8 Å². The Bertz CT molecular complexity index is 404. The van der Waals surface area contributed by atoms with Crippen LogP contribution in [0.25, 0.3) is 0 Å². The number of hydrogen-bond acceptors (Lipinski definition) is 3. The van der Waals surface area contributed by atoms with Gasteiger partial charge in [0, 0.05) is 12.0 Å². The highest BCUT2D eigenvalue weighted by atomic mass is 16.5. The lowest BCUT2D eigenvalue weighted by Crippen LogP contribution is -1.96. The summed E-state index contributed by atoms with van der Waals surface area (Å²) >= 11 is 0. The van der Waals surface area contributed by atoms with Crippen LogP contribution in [0, 0.1) is 11.8 Å². The molecule has 0 radical (unpaired) electrons. The zero-order chi connectivity index (χ0) is 12.5. The Labute approximate surface area is 103 Å². The second kappa shape index (κ2) is 7.59. The molecule has 0 aliphatic rings. The van der Waals surface area contributed by atoms with Crippen molar-refractivity contribution in [2.45, 2.75) is 19.3 Å². The predicted octanol–water partition coefficient (Wildman–Crippen LogP) is 2.18. The van der Waals surface area contributed by atoms with Gasteiger partial charge in [-0.25, -0.2) is 0 Å². The molecule has 0 bridgehead atoms. The minimum atomic E-state index is 0.709. The summed E-state index contributed by atoms with van der Waals surface area (Å²) in [5.41, 5.74) is 6.35. The highest BCUT2D eigenvalue weighted by Gasteiger charge is 2.02. The second-order valence-electron chi connectivity index (χ2n) is 3.62. The van der Waals surface area contributed by atoms with Crippen molar-refractivity contribution in [1.29, 1.82) is 0 Å². The summed E-state index contributed by atoms with van der Waals surface area (Å²) in [5.74, 6) is 7.66. The van der Waals surface area contributed by atoms with Gasteiger partial charge in [-0.15, -0.1) is 0 Å². The molecule has 1 rings (SSSR count). The van der Waals surface area contributed by atoms with Gasteiger partial charge in [0.1, 0.15) is 0 Å². The Hall–Kier alpha value is -1.66. The monoisotopic (exact) mass is 233 g/mol. The van der Waals surface area contributed by atoms with Gasteiger partial charge in [-0.2, -0.15) is 0 Å². The Morgan fingerprint density at radius 3 is 2.53 bits per heavy atom. The van der Waals surface area contributed by atoms with E-state index in [4.69, 9.17) is 15.2 Å². The predicted molar refractivity (Wildman–Crippen MR) is 69.3 cm³/mol. The van der Waals surface area contributed by atoms with E-state index >= 15 is 0 Å².